The predicted molar refractivity (Wildman–Crippen MR) is 128 cm³/mol. The molecule has 3 fully saturated rings. The fourth-order valence-corrected chi connectivity index (χ4v) is 4.60. The van der Waals surface area contributed by atoms with E-state index in [1.807, 2.05) is 0 Å². The van der Waals surface area contributed by atoms with E-state index in [1.165, 1.54) is 0 Å². The maximum absolute atomic E-state index is 11.2. The molecule has 0 aromatic heterocycles. The summed E-state index contributed by atoms with van der Waals surface area (Å²) in [4.78, 5) is 11.2. The summed E-state index contributed by atoms with van der Waals surface area (Å²) in [5.41, 5.74) is 0. The molecule has 3 saturated heterocycles. The van der Waals surface area contributed by atoms with E-state index in [-0.39, 0.29) is 13.2 Å². The molecule has 3 aliphatic rings. The zero-order valence-corrected chi connectivity index (χ0v) is 21.8. The second-order valence-electron chi connectivity index (χ2n) is 9.68. The Morgan fingerprint density at radius 1 is 0.659 bits per heavy atom. The highest BCUT2D eigenvalue weighted by molar-refractivity contribution is 5.86. The van der Waals surface area contributed by atoms with Crippen LogP contribution in [0.25, 0.3) is 0 Å². The number of carbonyl (C=O) groups excluding carboxylic acids is 1. The maximum Gasteiger partial charge on any atom is 0.243 e. The average molecular weight is 602 g/mol. The van der Waals surface area contributed by atoms with Gasteiger partial charge in [-0.1, -0.05) is 6.58 Å². The number of carbonyl (C=O) groups is 1. The SMILES string of the molecule is C=CC(=O)NCCO[C@@H]1O[C@H](CO)[C@@H](O[C@H]2O[C@H](CO)[C@@H](O[C@H]3O[C@H](CO)[C@@H](O)[C@H](O)[C@H]3O)[C@H](O)[C@H]2O)[C@H](O)[C@H]1O. The van der Waals surface area contributed by atoms with Crippen molar-refractivity contribution < 1.29 is 84.3 Å². The predicted octanol–water partition coefficient (Wildman–Crippen LogP) is -7.25. The van der Waals surface area contributed by atoms with Gasteiger partial charge < -0.3 is 84.8 Å². The van der Waals surface area contributed by atoms with Gasteiger partial charge in [0.05, 0.1) is 26.4 Å². The summed E-state index contributed by atoms with van der Waals surface area (Å²) in [6.07, 6.45) is -23.8. The smallest absolute Gasteiger partial charge is 0.243 e. The zero-order chi connectivity index (χ0) is 30.4. The van der Waals surface area contributed by atoms with Crippen LogP contribution in [-0.2, 0) is 33.2 Å². The van der Waals surface area contributed by atoms with Crippen LogP contribution in [-0.4, -0.2) is 182 Å². The Balaban J connectivity index is 1.64. The van der Waals surface area contributed by atoms with E-state index in [9.17, 15) is 55.9 Å². The lowest BCUT2D eigenvalue weighted by Gasteiger charge is -2.48. The van der Waals surface area contributed by atoms with Gasteiger partial charge in [-0.2, -0.15) is 0 Å². The molecule has 0 aromatic rings. The third-order valence-corrected chi connectivity index (χ3v) is 6.94. The molecule has 41 heavy (non-hydrogen) atoms. The number of hydrogen-bond acceptors (Lipinski definition) is 17. The fourth-order valence-electron chi connectivity index (χ4n) is 4.60. The van der Waals surface area contributed by atoms with Gasteiger partial charge in [-0.15, -0.1) is 0 Å². The van der Waals surface area contributed by atoms with Crippen LogP contribution in [0.1, 0.15) is 0 Å². The van der Waals surface area contributed by atoms with Crippen molar-refractivity contribution in [3.63, 3.8) is 0 Å². The van der Waals surface area contributed by atoms with Crippen LogP contribution in [0.3, 0.4) is 0 Å². The lowest BCUT2D eigenvalue weighted by molar-refractivity contribution is -0.379. The highest BCUT2D eigenvalue weighted by atomic mass is 16.8. The molecule has 18 heteroatoms. The first-order valence-electron chi connectivity index (χ1n) is 12.9. The number of aliphatic hydroxyl groups excluding tert-OH is 10. The Morgan fingerprint density at radius 3 is 1.59 bits per heavy atom. The number of nitrogens with one attached hydrogen (secondary N) is 1. The lowest BCUT2D eigenvalue weighted by Crippen LogP contribution is -2.66. The summed E-state index contributed by atoms with van der Waals surface area (Å²) >= 11 is 0. The van der Waals surface area contributed by atoms with Crippen LogP contribution in [0.2, 0.25) is 0 Å². The Morgan fingerprint density at radius 2 is 1.10 bits per heavy atom. The van der Waals surface area contributed by atoms with Gasteiger partial charge in [0.2, 0.25) is 5.91 Å². The molecular weight excluding hydrogens is 562 g/mol. The van der Waals surface area contributed by atoms with Crippen molar-refractivity contribution in [3.8, 4) is 0 Å². The van der Waals surface area contributed by atoms with E-state index in [0.717, 1.165) is 6.08 Å². The van der Waals surface area contributed by atoms with E-state index in [0.29, 0.717) is 0 Å². The van der Waals surface area contributed by atoms with Crippen molar-refractivity contribution >= 4 is 5.91 Å². The average Bonchev–Trinajstić information content (AvgIpc) is 2.97. The molecule has 0 saturated carbocycles. The third kappa shape index (κ3) is 7.75. The number of amides is 1. The second-order valence-corrected chi connectivity index (χ2v) is 9.68. The molecule has 3 heterocycles. The molecule has 3 aliphatic heterocycles. The Kier molecular flexibility index (Phi) is 12.7. The van der Waals surface area contributed by atoms with Gasteiger partial charge >= 0.3 is 0 Å². The summed E-state index contributed by atoms with van der Waals surface area (Å²) in [5, 5.41) is 104. The van der Waals surface area contributed by atoms with Crippen molar-refractivity contribution in [1.82, 2.24) is 5.32 Å². The highest BCUT2D eigenvalue weighted by Crippen LogP contribution is 2.32. The van der Waals surface area contributed by atoms with Crippen LogP contribution in [0.4, 0.5) is 0 Å². The monoisotopic (exact) mass is 601 g/mol. The highest BCUT2D eigenvalue weighted by Gasteiger charge is 2.53. The molecule has 0 unspecified atom stereocenters. The molecule has 238 valence electrons. The Bertz CT molecular complexity index is 832. The van der Waals surface area contributed by atoms with Crippen LogP contribution >= 0.6 is 0 Å². The molecule has 0 spiro atoms. The summed E-state index contributed by atoms with van der Waals surface area (Å²) in [5.74, 6) is -0.462. The third-order valence-electron chi connectivity index (χ3n) is 6.94. The minimum absolute atomic E-state index is 0.0200. The van der Waals surface area contributed by atoms with Crippen LogP contribution < -0.4 is 5.32 Å². The number of rotatable bonds is 12. The minimum atomic E-state index is -1.93. The van der Waals surface area contributed by atoms with Gasteiger partial charge in [0.1, 0.15) is 73.2 Å². The van der Waals surface area contributed by atoms with Gasteiger partial charge in [-0.05, 0) is 6.08 Å². The molecule has 1 amide bonds. The Labute approximate surface area is 233 Å². The quantitative estimate of drug-likeness (QED) is 0.0731. The van der Waals surface area contributed by atoms with Gasteiger partial charge in [0.15, 0.2) is 18.9 Å². The van der Waals surface area contributed by atoms with Crippen molar-refractivity contribution in [2.24, 2.45) is 0 Å². The number of ether oxygens (including phenoxy) is 6. The van der Waals surface area contributed by atoms with E-state index >= 15 is 0 Å². The Hall–Kier alpha value is -1.43. The summed E-state index contributed by atoms with van der Waals surface area (Å²) in [6.45, 7) is 0.842. The van der Waals surface area contributed by atoms with E-state index < -0.39 is 118 Å². The summed E-state index contributed by atoms with van der Waals surface area (Å²) in [6, 6.07) is 0. The normalized spacial score (nSPS) is 45.3. The first-order chi connectivity index (χ1) is 19.5. The van der Waals surface area contributed by atoms with Crippen molar-refractivity contribution in [1.29, 1.82) is 0 Å². The molecule has 11 N–H and O–H groups in total. The van der Waals surface area contributed by atoms with Crippen LogP contribution in [0, 0.1) is 0 Å². The van der Waals surface area contributed by atoms with Gasteiger partial charge in [-0.3, -0.25) is 4.79 Å². The van der Waals surface area contributed by atoms with Crippen molar-refractivity contribution in [2.75, 3.05) is 33.0 Å². The first kappa shape index (κ1) is 34.1. The molecule has 15 atom stereocenters. The van der Waals surface area contributed by atoms with Crippen molar-refractivity contribution in [2.45, 2.75) is 92.1 Å². The van der Waals surface area contributed by atoms with Crippen LogP contribution in [0.5, 0.6) is 0 Å². The zero-order valence-electron chi connectivity index (χ0n) is 21.8. The van der Waals surface area contributed by atoms with Crippen LogP contribution in [0.15, 0.2) is 12.7 Å². The molecule has 0 bridgehead atoms. The van der Waals surface area contributed by atoms with Crippen molar-refractivity contribution in [3.05, 3.63) is 12.7 Å². The number of hydrogen-bond donors (Lipinski definition) is 11. The summed E-state index contributed by atoms with van der Waals surface area (Å²) < 4.78 is 32.6. The lowest BCUT2D eigenvalue weighted by atomic mass is 9.96. The molecule has 0 radical (unpaired) electrons. The number of aliphatic hydroxyl groups is 10. The fraction of sp³-hybridized carbons (Fsp3) is 0.870. The van der Waals surface area contributed by atoms with E-state index in [2.05, 4.69) is 11.9 Å². The van der Waals surface area contributed by atoms with Gasteiger partial charge in [0.25, 0.3) is 0 Å². The summed E-state index contributed by atoms with van der Waals surface area (Å²) in [7, 11) is 0. The standard InChI is InChI=1S/C23H39NO17/c1-2-11(28)24-3-4-36-21-17(34)14(31)19(9(6-26)38-21)41-23-18(35)15(32)20(10(7-27)39-23)40-22-16(33)13(30)12(29)8(5-25)37-22/h2,8-10,12-23,25-27,29-35H,1,3-7H2,(H,24,28)/t8-,9-,10-,12-,13+,14-,15-,16-,17-,18-,19-,20-,21-,22-,23-/m1/s1. The molecule has 3 rings (SSSR count). The molecular formula is C23H39NO17. The minimum Gasteiger partial charge on any atom is -0.394 e. The maximum atomic E-state index is 11.2. The molecule has 18 nitrogen and oxygen atoms in total. The molecule has 0 aliphatic carbocycles. The van der Waals surface area contributed by atoms with E-state index in [1.54, 1.807) is 0 Å². The largest absolute Gasteiger partial charge is 0.394 e. The van der Waals surface area contributed by atoms with Gasteiger partial charge in [0, 0.05) is 6.54 Å². The first-order valence-corrected chi connectivity index (χ1v) is 12.9. The topological polar surface area (TPSA) is 287 Å². The van der Waals surface area contributed by atoms with Gasteiger partial charge in [-0.25, -0.2) is 0 Å². The van der Waals surface area contributed by atoms with E-state index in [4.69, 9.17) is 28.4 Å². The molecule has 0 aromatic carbocycles. The second kappa shape index (κ2) is 15.3.